The fourth-order valence-electron chi connectivity index (χ4n) is 4.13. The Kier molecular flexibility index (Phi) is 11.7. The van der Waals surface area contributed by atoms with Crippen molar-refractivity contribution in [2.45, 2.75) is 76.4 Å². The molecular formula is C22H35NO3S2. The van der Waals surface area contributed by atoms with Crippen molar-refractivity contribution >= 4 is 34.8 Å². The van der Waals surface area contributed by atoms with Crippen molar-refractivity contribution in [3.05, 3.63) is 22.4 Å². The van der Waals surface area contributed by atoms with Gasteiger partial charge in [0.05, 0.1) is 12.8 Å². The fourth-order valence-corrected chi connectivity index (χ4v) is 5.99. The summed E-state index contributed by atoms with van der Waals surface area (Å²) in [6, 6.07) is 4.33. The zero-order valence-electron chi connectivity index (χ0n) is 17.1. The molecule has 2 atom stereocenters. The number of nitrogens with zero attached hydrogens (tertiary/aromatic N) is 1. The second kappa shape index (κ2) is 14.0. The van der Waals surface area contributed by atoms with Gasteiger partial charge in [0.25, 0.3) is 0 Å². The molecule has 0 bridgehead atoms. The largest absolute Gasteiger partial charge is 0.469 e. The summed E-state index contributed by atoms with van der Waals surface area (Å²) in [7, 11) is 1.45. The number of oxime groups is 1. The molecule has 0 saturated heterocycles. The molecule has 1 saturated carbocycles. The van der Waals surface area contributed by atoms with Crippen molar-refractivity contribution in [2.24, 2.45) is 17.0 Å². The highest BCUT2D eigenvalue weighted by molar-refractivity contribution is 7.98. The fraction of sp³-hybridized carbons (Fsp3) is 0.727. The van der Waals surface area contributed by atoms with Gasteiger partial charge in [-0.2, -0.15) is 11.8 Å². The third-order valence-electron chi connectivity index (χ3n) is 5.71. The van der Waals surface area contributed by atoms with E-state index in [1.165, 1.54) is 56.3 Å². The highest BCUT2D eigenvalue weighted by Crippen LogP contribution is 2.37. The van der Waals surface area contributed by atoms with E-state index in [0.717, 1.165) is 37.1 Å². The highest BCUT2D eigenvalue weighted by Gasteiger charge is 2.32. The zero-order valence-corrected chi connectivity index (χ0v) is 18.7. The number of rotatable bonds is 14. The van der Waals surface area contributed by atoms with Gasteiger partial charge < -0.3 is 9.94 Å². The Morgan fingerprint density at radius 1 is 1.25 bits per heavy atom. The van der Waals surface area contributed by atoms with Crippen LogP contribution in [0.2, 0.25) is 0 Å². The van der Waals surface area contributed by atoms with Crippen LogP contribution < -0.4 is 0 Å². The van der Waals surface area contributed by atoms with Gasteiger partial charge in [-0.15, -0.1) is 11.3 Å². The van der Waals surface area contributed by atoms with Crippen LogP contribution in [-0.2, 0) is 15.3 Å². The van der Waals surface area contributed by atoms with Gasteiger partial charge in [-0.3, -0.25) is 4.79 Å². The van der Waals surface area contributed by atoms with Crippen LogP contribution >= 0.6 is 23.1 Å². The summed E-state index contributed by atoms with van der Waals surface area (Å²) in [4.78, 5) is 12.6. The van der Waals surface area contributed by atoms with E-state index in [1.807, 2.05) is 23.1 Å². The molecule has 0 aliphatic heterocycles. The summed E-state index contributed by atoms with van der Waals surface area (Å²) in [5.74, 6) is 3.38. The molecule has 1 fully saturated rings. The summed E-state index contributed by atoms with van der Waals surface area (Å²) in [6.07, 6.45) is 11.9. The molecule has 0 amide bonds. The number of carbonyl (C=O) groups is 1. The van der Waals surface area contributed by atoms with E-state index in [-0.39, 0.29) is 5.97 Å². The molecule has 0 aromatic carbocycles. The predicted octanol–water partition coefficient (Wildman–Crippen LogP) is 6.52. The van der Waals surface area contributed by atoms with Gasteiger partial charge in [-0.05, 0) is 61.6 Å². The lowest BCUT2D eigenvalue weighted by Gasteiger charge is -2.19. The molecule has 1 aliphatic carbocycles. The molecule has 0 unspecified atom stereocenters. The number of hydrogen-bond acceptors (Lipinski definition) is 6. The topological polar surface area (TPSA) is 58.9 Å². The summed E-state index contributed by atoms with van der Waals surface area (Å²) in [6.45, 7) is 0. The van der Waals surface area contributed by atoms with Gasteiger partial charge in [-0.1, -0.05) is 36.9 Å². The molecule has 1 aliphatic rings. The number of carbonyl (C=O) groups excluding carboxylic acids is 1. The van der Waals surface area contributed by atoms with Crippen LogP contribution in [0.4, 0.5) is 0 Å². The van der Waals surface area contributed by atoms with Crippen LogP contribution in [0, 0.1) is 11.8 Å². The lowest BCUT2D eigenvalue weighted by molar-refractivity contribution is -0.140. The lowest BCUT2D eigenvalue weighted by Crippen LogP contribution is -2.15. The van der Waals surface area contributed by atoms with Gasteiger partial charge in [0, 0.05) is 23.0 Å². The maximum Gasteiger partial charge on any atom is 0.305 e. The first kappa shape index (κ1) is 23.3. The first-order valence-electron chi connectivity index (χ1n) is 10.6. The number of thioether (sulfide) groups is 1. The van der Waals surface area contributed by atoms with E-state index in [1.54, 1.807) is 0 Å². The minimum absolute atomic E-state index is 0.104. The molecule has 1 N–H and O–H groups in total. The molecule has 2 rings (SSSR count). The Balaban J connectivity index is 1.57. The van der Waals surface area contributed by atoms with Crippen LogP contribution in [-0.4, -0.2) is 29.8 Å². The van der Waals surface area contributed by atoms with Crippen LogP contribution in [0.1, 0.15) is 75.5 Å². The Labute approximate surface area is 178 Å². The molecular weight excluding hydrogens is 390 g/mol. The van der Waals surface area contributed by atoms with E-state index in [2.05, 4.69) is 27.4 Å². The number of methoxy groups -OCH3 is 1. The van der Waals surface area contributed by atoms with Gasteiger partial charge in [0.2, 0.25) is 0 Å². The molecule has 4 nitrogen and oxygen atoms in total. The molecule has 0 radical (unpaired) electrons. The van der Waals surface area contributed by atoms with Crippen molar-refractivity contribution < 1.29 is 14.7 Å². The van der Waals surface area contributed by atoms with Crippen molar-refractivity contribution in [1.82, 2.24) is 0 Å². The number of hydrogen-bond donors (Lipinski definition) is 1. The van der Waals surface area contributed by atoms with Gasteiger partial charge in [-0.25, -0.2) is 0 Å². The molecule has 6 heteroatoms. The average molecular weight is 426 g/mol. The van der Waals surface area contributed by atoms with Crippen LogP contribution in [0.3, 0.4) is 0 Å². The Morgan fingerprint density at radius 3 is 2.82 bits per heavy atom. The van der Waals surface area contributed by atoms with E-state index < -0.39 is 0 Å². The van der Waals surface area contributed by atoms with Crippen molar-refractivity contribution in [1.29, 1.82) is 0 Å². The van der Waals surface area contributed by atoms with Crippen molar-refractivity contribution in [2.75, 3.05) is 12.9 Å². The van der Waals surface area contributed by atoms with Crippen molar-refractivity contribution in [3.8, 4) is 0 Å². The van der Waals surface area contributed by atoms with E-state index >= 15 is 0 Å². The summed E-state index contributed by atoms with van der Waals surface area (Å²) >= 11 is 3.86. The Hall–Kier alpha value is -1.01. The minimum Gasteiger partial charge on any atom is -0.469 e. The standard InChI is InChI=1S/C22H35NO3S2/c1-26-22(24)12-5-3-2-4-9-18-13-14-21(23-25)20(18)11-6-7-15-27-17-19-10-8-16-28-19/h8,10,16,18,20,25H,2-7,9,11-15,17H2,1H3/b23-21-/t18-,20+/m0/s1. The second-order valence-corrected chi connectivity index (χ2v) is 9.79. The van der Waals surface area contributed by atoms with E-state index in [4.69, 9.17) is 0 Å². The minimum atomic E-state index is -0.104. The molecule has 28 heavy (non-hydrogen) atoms. The molecule has 1 aromatic heterocycles. The normalized spacial score (nSPS) is 20.7. The van der Waals surface area contributed by atoms with Gasteiger partial charge in [0.15, 0.2) is 0 Å². The second-order valence-electron chi connectivity index (χ2n) is 7.65. The van der Waals surface area contributed by atoms with Crippen molar-refractivity contribution in [3.63, 3.8) is 0 Å². The maximum atomic E-state index is 11.1. The highest BCUT2D eigenvalue weighted by atomic mass is 32.2. The monoisotopic (exact) mass is 425 g/mol. The Morgan fingerprint density at radius 2 is 2.07 bits per heavy atom. The van der Waals surface area contributed by atoms with Gasteiger partial charge >= 0.3 is 5.97 Å². The number of unbranched alkanes of at least 4 members (excludes halogenated alkanes) is 4. The third-order valence-corrected chi connectivity index (χ3v) is 7.86. The van der Waals surface area contributed by atoms with Crippen LogP contribution in [0.5, 0.6) is 0 Å². The number of esters is 1. The first-order valence-corrected chi connectivity index (χ1v) is 12.7. The van der Waals surface area contributed by atoms with E-state index in [0.29, 0.717) is 18.3 Å². The molecule has 158 valence electrons. The molecule has 1 heterocycles. The lowest BCUT2D eigenvalue weighted by atomic mass is 9.86. The number of thiophene rings is 1. The van der Waals surface area contributed by atoms with Crippen LogP contribution in [0.15, 0.2) is 22.7 Å². The summed E-state index contributed by atoms with van der Waals surface area (Å²) in [5.41, 5.74) is 1.03. The quantitative estimate of drug-likeness (QED) is 0.159. The third kappa shape index (κ3) is 8.56. The van der Waals surface area contributed by atoms with Crippen LogP contribution in [0.25, 0.3) is 0 Å². The SMILES string of the molecule is COC(=O)CCCCCC[C@H]1CC/C(=N/O)[C@@H]1CCCCSCc1cccs1. The molecule has 0 spiro atoms. The number of ether oxygens (including phenoxy) is 1. The van der Waals surface area contributed by atoms with E-state index in [9.17, 15) is 10.0 Å². The first-order chi connectivity index (χ1) is 13.7. The maximum absolute atomic E-state index is 11.1. The Bertz CT molecular complexity index is 574. The predicted molar refractivity (Wildman–Crippen MR) is 119 cm³/mol. The molecule has 1 aromatic rings. The summed E-state index contributed by atoms with van der Waals surface area (Å²) < 4.78 is 4.68. The zero-order chi connectivity index (χ0) is 20.0. The average Bonchev–Trinajstić information content (AvgIpc) is 3.36. The summed E-state index contributed by atoms with van der Waals surface area (Å²) in [5, 5.41) is 15.1. The smallest absolute Gasteiger partial charge is 0.305 e. The van der Waals surface area contributed by atoms with Gasteiger partial charge in [0.1, 0.15) is 0 Å².